The molecule has 0 fully saturated rings. The largest absolute Gasteiger partial charge is 0.294 e. The fourth-order valence-corrected chi connectivity index (χ4v) is 3.75. The highest BCUT2D eigenvalue weighted by Crippen LogP contribution is 2.22. The number of nitro groups is 1. The van der Waals surface area contributed by atoms with E-state index in [4.69, 9.17) is 0 Å². The Morgan fingerprint density at radius 3 is 2.32 bits per heavy atom. The van der Waals surface area contributed by atoms with Crippen molar-refractivity contribution in [2.45, 2.75) is 24.8 Å². The number of hydrogen-bond donors (Lipinski definition) is 3. The van der Waals surface area contributed by atoms with Crippen LogP contribution in [0.3, 0.4) is 0 Å². The maximum atomic E-state index is 13.8. The molecule has 0 aromatic heterocycles. The summed E-state index contributed by atoms with van der Waals surface area (Å²) >= 11 is 0. The first-order valence-corrected chi connectivity index (χ1v) is 9.68. The Morgan fingerprint density at radius 1 is 1.11 bits per heavy atom. The van der Waals surface area contributed by atoms with E-state index in [1.54, 1.807) is 13.8 Å². The van der Waals surface area contributed by atoms with Crippen LogP contribution in [0.25, 0.3) is 0 Å². The van der Waals surface area contributed by atoms with Gasteiger partial charge in [-0.1, -0.05) is 38.1 Å². The molecule has 0 aliphatic heterocycles. The van der Waals surface area contributed by atoms with Gasteiger partial charge in [0.05, 0.1) is 4.92 Å². The third-order valence-electron chi connectivity index (χ3n) is 3.78. The first kappa shape index (κ1) is 21.3. The van der Waals surface area contributed by atoms with E-state index in [9.17, 15) is 27.7 Å². The van der Waals surface area contributed by atoms with Gasteiger partial charge in [-0.3, -0.25) is 25.8 Å². The fraction of sp³-hybridized carbons (Fsp3) is 0.235. The Balaban J connectivity index is 2.17. The Hall–Kier alpha value is -3.05. The summed E-state index contributed by atoms with van der Waals surface area (Å²) in [7, 11) is -4.31. The molecule has 0 bridgehead atoms. The van der Waals surface area contributed by atoms with Crippen LogP contribution in [-0.2, 0) is 14.8 Å². The molecule has 0 aliphatic carbocycles. The fourth-order valence-electron chi connectivity index (χ4n) is 2.33. The minimum absolute atomic E-state index is 0.0281. The van der Waals surface area contributed by atoms with Crippen LogP contribution >= 0.6 is 0 Å². The molecule has 3 N–H and O–H groups in total. The number of nitrogens with one attached hydrogen (secondary N) is 3. The lowest BCUT2D eigenvalue weighted by Crippen LogP contribution is -2.51. The van der Waals surface area contributed by atoms with Crippen LogP contribution in [0, 0.1) is 21.8 Å². The van der Waals surface area contributed by atoms with Crippen LogP contribution in [0.2, 0.25) is 0 Å². The van der Waals surface area contributed by atoms with Gasteiger partial charge in [-0.15, -0.1) is 0 Å². The number of para-hydroxylation sites is 2. The Labute approximate surface area is 161 Å². The average molecular weight is 410 g/mol. The van der Waals surface area contributed by atoms with Crippen molar-refractivity contribution in [2.75, 3.05) is 5.43 Å². The van der Waals surface area contributed by atoms with Crippen molar-refractivity contribution >= 4 is 27.3 Å². The number of anilines is 1. The number of halogens is 1. The second kappa shape index (κ2) is 8.76. The summed E-state index contributed by atoms with van der Waals surface area (Å²) in [5.41, 5.74) is 4.43. The Morgan fingerprint density at radius 2 is 1.71 bits per heavy atom. The Bertz CT molecular complexity index is 981. The number of hydrazine groups is 1. The van der Waals surface area contributed by atoms with Crippen molar-refractivity contribution in [3.05, 3.63) is 64.5 Å². The van der Waals surface area contributed by atoms with Crippen LogP contribution in [0.1, 0.15) is 13.8 Å². The van der Waals surface area contributed by atoms with E-state index in [0.717, 1.165) is 12.1 Å². The second-order valence-corrected chi connectivity index (χ2v) is 7.84. The molecule has 0 aliphatic rings. The van der Waals surface area contributed by atoms with Gasteiger partial charge >= 0.3 is 0 Å². The van der Waals surface area contributed by atoms with E-state index >= 15 is 0 Å². The van der Waals surface area contributed by atoms with Crippen LogP contribution < -0.4 is 15.6 Å². The lowest BCUT2D eigenvalue weighted by molar-refractivity contribution is -0.384. The average Bonchev–Trinajstić information content (AvgIpc) is 2.64. The van der Waals surface area contributed by atoms with E-state index in [-0.39, 0.29) is 11.4 Å². The smallest absolute Gasteiger partial charge is 0.292 e. The van der Waals surface area contributed by atoms with E-state index in [1.807, 2.05) is 0 Å². The summed E-state index contributed by atoms with van der Waals surface area (Å²) in [5, 5.41) is 11.0. The lowest BCUT2D eigenvalue weighted by atomic mass is 10.1. The van der Waals surface area contributed by atoms with Gasteiger partial charge in [0.15, 0.2) is 0 Å². The molecule has 1 atom stereocenters. The minimum atomic E-state index is -4.31. The van der Waals surface area contributed by atoms with Gasteiger partial charge in [-0.05, 0) is 24.1 Å². The number of nitrogens with zero attached hydrogens (tertiary/aromatic N) is 1. The van der Waals surface area contributed by atoms with Gasteiger partial charge in [0.1, 0.15) is 22.4 Å². The van der Waals surface area contributed by atoms with Gasteiger partial charge < -0.3 is 0 Å². The maximum Gasteiger partial charge on any atom is 0.294 e. The van der Waals surface area contributed by atoms with Crippen LogP contribution in [-0.4, -0.2) is 25.3 Å². The van der Waals surface area contributed by atoms with E-state index in [2.05, 4.69) is 15.6 Å². The third-order valence-corrected chi connectivity index (χ3v) is 5.25. The quantitative estimate of drug-likeness (QED) is 0.452. The third kappa shape index (κ3) is 5.02. The van der Waals surface area contributed by atoms with Crippen molar-refractivity contribution in [1.82, 2.24) is 10.1 Å². The SMILES string of the molecule is CC(C)[C@H](NS(=O)(=O)c1ccccc1F)C(=O)NNc1ccccc1[N+](=O)[O-]. The van der Waals surface area contributed by atoms with Gasteiger partial charge in [0.2, 0.25) is 10.0 Å². The summed E-state index contributed by atoms with van der Waals surface area (Å²) in [6.07, 6.45) is 0. The summed E-state index contributed by atoms with van der Waals surface area (Å²) in [4.78, 5) is 22.3. The van der Waals surface area contributed by atoms with Crippen LogP contribution in [0.15, 0.2) is 53.4 Å². The minimum Gasteiger partial charge on any atom is -0.292 e. The highest BCUT2D eigenvalue weighted by atomic mass is 32.2. The van der Waals surface area contributed by atoms with Crippen molar-refractivity contribution in [2.24, 2.45) is 5.92 Å². The molecule has 0 heterocycles. The summed E-state index contributed by atoms with van der Waals surface area (Å²) < 4.78 is 40.9. The molecule has 0 saturated carbocycles. The molecule has 28 heavy (non-hydrogen) atoms. The molecule has 9 nitrogen and oxygen atoms in total. The molecule has 2 aromatic rings. The number of hydrogen-bond acceptors (Lipinski definition) is 6. The predicted molar refractivity (Wildman–Crippen MR) is 100 cm³/mol. The van der Waals surface area contributed by atoms with E-state index in [0.29, 0.717) is 0 Å². The second-order valence-electron chi connectivity index (χ2n) is 6.16. The normalized spacial score (nSPS) is 12.4. The van der Waals surface area contributed by atoms with Crippen molar-refractivity contribution in [1.29, 1.82) is 0 Å². The standard InChI is InChI=1S/C17H19FN4O5S/c1-11(2)16(21-28(26,27)15-10-6-3-7-12(15)18)17(23)20-19-13-8-4-5-9-14(13)22(24)25/h3-11,16,19,21H,1-2H3,(H,20,23)/t16-/m0/s1. The molecule has 0 radical (unpaired) electrons. The number of benzene rings is 2. The molecule has 2 rings (SSSR count). The Kier molecular flexibility index (Phi) is 6.65. The van der Waals surface area contributed by atoms with E-state index < -0.39 is 43.5 Å². The monoisotopic (exact) mass is 410 g/mol. The molecule has 11 heteroatoms. The van der Waals surface area contributed by atoms with Crippen molar-refractivity contribution < 1.29 is 22.5 Å². The van der Waals surface area contributed by atoms with Gasteiger partial charge in [-0.2, -0.15) is 4.72 Å². The first-order valence-electron chi connectivity index (χ1n) is 8.19. The summed E-state index contributed by atoms with van der Waals surface area (Å²) in [6.45, 7) is 3.19. The van der Waals surface area contributed by atoms with Crippen molar-refractivity contribution in [3.63, 3.8) is 0 Å². The first-order chi connectivity index (χ1) is 13.1. The zero-order chi connectivity index (χ0) is 20.9. The van der Waals surface area contributed by atoms with E-state index in [1.165, 1.54) is 36.4 Å². The lowest BCUT2D eigenvalue weighted by Gasteiger charge is -2.22. The molecule has 0 saturated heterocycles. The van der Waals surface area contributed by atoms with Gasteiger partial charge in [-0.25, -0.2) is 12.8 Å². The van der Waals surface area contributed by atoms with Crippen LogP contribution in [0.4, 0.5) is 15.8 Å². The zero-order valence-corrected chi connectivity index (χ0v) is 15.9. The van der Waals surface area contributed by atoms with Crippen molar-refractivity contribution in [3.8, 4) is 0 Å². The molecule has 2 aromatic carbocycles. The highest BCUT2D eigenvalue weighted by molar-refractivity contribution is 7.89. The zero-order valence-electron chi connectivity index (χ0n) is 15.0. The highest BCUT2D eigenvalue weighted by Gasteiger charge is 2.30. The number of carbonyl (C=O) groups excluding carboxylic acids is 1. The number of sulfonamides is 1. The summed E-state index contributed by atoms with van der Waals surface area (Å²) in [6, 6.07) is 9.15. The summed E-state index contributed by atoms with van der Waals surface area (Å²) in [5.74, 6) is -2.22. The molecule has 0 unspecified atom stereocenters. The maximum absolute atomic E-state index is 13.8. The molecule has 1 amide bonds. The molecular formula is C17H19FN4O5S. The molecule has 0 spiro atoms. The topological polar surface area (TPSA) is 130 Å². The number of nitro benzene ring substituents is 1. The molecule has 150 valence electrons. The predicted octanol–water partition coefficient (Wildman–Crippen LogP) is 2.18. The number of amides is 1. The number of carbonyl (C=O) groups is 1. The number of rotatable bonds is 8. The van der Waals surface area contributed by atoms with Gasteiger partial charge in [0, 0.05) is 6.07 Å². The molecular weight excluding hydrogens is 391 g/mol. The van der Waals surface area contributed by atoms with Gasteiger partial charge in [0.25, 0.3) is 11.6 Å². The van der Waals surface area contributed by atoms with Crippen LogP contribution in [0.5, 0.6) is 0 Å².